The number of benzene rings is 1. The van der Waals surface area contributed by atoms with E-state index >= 15 is 0 Å². The van der Waals surface area contributed by atoms with Gasteiger partial charge in [-0.25, -0.2) is 4.98 Å². The first kappa shape index (κ1) is 13.0. The van der Waals surface area contributed by atoms with E-state index in [1.165, 1.54) is 10.5 Å². The molecule has 0 amide bonds. The first-order valence-corrected chi connectivity index (χ1v) is 7.16. The molecule has 0 aliphatic carbocycles. The lowest BCUT2D eigenvalue weighted by atomic mass is 10.2. The van der Waals surface area contributed by atoms with E-state index in [2.05, 4.69) is 60.5 Å². The SMILES string of the molecule is CCNc1cccc(CSc2ccccc2C)n1. The van der Waals surface area contributed by atoms with E-state index in [1.54, 1.807) is 0 Å². The molecule has 0 aliphatic rings. The molecule has 1 aromatic carbocycles. The largest absolute Gasteiger partial charge is 0.370 e. The lowest BCUT2D eigenvalue weighted by Crippen LogP contribution is -2.00. The molecule has 0 spiro atoms. The Balaban J connectivity index is 2.02. The maximum atomic E-state index is 4.58. The summed E-state index contributed by atoms with van der Waals surface area (Å²) < 4.78 is 0. The van der Waals surface area contributed by atoms with Crippen molar-refractivity contribution in [3.8, 4) is 0 Å². The fourth-order valence-electron chi connectivity index (χ4n) is 1.71. The van der Waals surface area contributed by atoms with Crippen molar-refractivity contribution in [3.63, 3.8) is 0 Å². The molecule has 1 N–H and O–H groups in total. The molecule has 0 saturated heterocycles. The Labute approximate surface area is 113 Å². The second kappa shape index (κ2) is 6.45. The fraction of sp³-hybridized carbons (Fsp3) is 0.267. The van der Waals surface area contributed by atoms with Crippen LogP contribution < -0.4 is 5.32 Å². The number of anilines is 1. The normalized spacial score (nSPS) is 10.3. The highest BCUT2D eigenvalue weighted by Crippen LogP contribution is 2.25. The minimum Gasteiger partial charge on any atom is -0.370 e. The molecule has 0 unspecified atom stereocenters. The predicted octanol–water partition coefficient (Wildman–Crippen LogP) is 4.11. The summed E-state index contributed by atoms with van der Waals surface area (Å²) in [5, 5.41) is 3.24. The highest BCUT2D eigenvalue weighted by molar-refractivity contribution is 7.98. The summed E-state index contributed by atoms with van der Waals surface area (Å²) in [5.41, 5.74) is 2.44. The summed E-state index contributed by atoms with van der Waals surface area (Å²) in [6, 6.07) is 14.6. The molecule has 2 nitrogen and oxygen atoms in total. The number of nitrogens with zero attached hydrogens (tertiary/aromatic N) is 1. The molecule has 0 aliphatic heterocycles. The number of pyridine rings is 1. The number of nitrogens with one attached hydrogen (secondary N) is 1. The molecule has 0 bridgehead atoms. The second-order valence-corrected chi connectivity index (χ2v) is 5.12. The van der Waals surface area contributed by atoms with Crippen molar-refractivity contribution in [1.29, 1.82) is 0 Å². The van der Waals surface area contributed by atoms with E-state index in [0.29, 0.717) is 0 Å². The third-order valence-corrected chi connectivity index (χ3v) is 3.84. The summed E-state index contributed by atoms with van der Waals surface area (Å²) in [7, 11) is 0. The van der Waals surface area contributed by atoms with Gasteiger partial charge in [0.05, 0.1) is 5.69 Å². The van der Waals surface area contributed by atoms with E-state index in [0.717, 1.165) is 23.8 Å². The summed E-state index contributed by atoms with van der Waals surface area (Å²) in [4.78, 5) is 5.90. The molecule has 0 fully saturated rings. The maximum Gasteiger partial charge on any atom is 0.126 e. The van der Waals surface area contributed by atoms with Gasteiger partial charge < -0.3 is 5.32 Å². The van der Waals surface area contributed by atoms with Gasteiger partial charge in [-0.15, -0.1) is 11.8 Å². The standard InChI is InChI=1S/C15H18N2S/c1-3-16-15-10-6-8-13(17-15)11-18-14-9-5-4-7-12(14)2/h4-10H,3,11H2,1-2H3,(H,16,17). The maximum absolute atomic E-state index is 4.58. The smallest absolute Gasteiger partial charge is 0.126 e. The fourth-order valence-corrected chi connectivity index (χ4v) is 2.64. The first-order valence-electron chi connectivity index (χ1n) is 6.18. The quantitative estimate of drug-likeness (QED) is 0.817. The zero-order chi connectivity index (χ0) is 12.8. The van der Waals surface area contributed by atoms with Gasteiger partial charge in [0, 0.05) is 17.2 Å². The summed E-state index contributed by atoms with van der Waals surface area (Å²) in [6.45, 7) is 5.13. The molecule has 0 atom stereocenters. The van der Waals surface area contributed by atoms with Crippen LogP contribution in [0.5, 0.6) is 0 Å². The average molecular weight is 258 g/mol. The van der Waals surface area contributed by atoms with Crippen molar-refractivity contribution in [2.45, 2.75) is 24.5 Å². The van der Waals surface area contributed by atoms with Crippen LogP contribution in [0.25, 0.3) is 0 Å². The van der Waals surface area contributed by atoms with Crippen LogP contribution in [0, 0.1) is 6.92 Å². The molecule has 18 heavy (non-hydrogen) atoms. The predicted molar refractivity (Wildman–Crippen MR) is 79.1 cm³/mol. The van der Waals surface area contributed by atoms with E-state index in [9.17, 15) is 0 Å². The highest BCUT2D eigenvalue weighted by Gasteiger charge is 2.01. The molecule has 2 aromatic rings. The van der Waals surface area contributed by atoms with Crippen molar-refractivity contribution in [2.75, 3.05) is 11.9 Å². The molecular weight excluding hydrogens is 240 g/mol. The zero-order valence-corrected chi connectivity index (χ0v) is 11.6. The number of hydrogen-bond donors (Lipinski definition) is 1. The number of hydrogen-bond acceptors (Lipinski definition) is 3. The Bertz CT molecular complexity index is 511. The van der Waals surface area contributed by atoms with Gasteiger partial charge in [0.25, 0.3) is 0 Å². The number of rotatable bonds is 5. The van der Waals surface area contributed by atoms with Crippen LogP contribution in [0.15, 0.2) is 47.4 Å². The molecule has 0 radical (unpaired) electrons. The van der Waals surface area contributed by atoms with Crippen molar-refractivity contribution >= 4 is 17.6 Å². The van der Waals surface area contributed by atoms with Crippen molar-refractivity contribution in [1.82, 2.24) is 4.98 Å². The zero-order valence-electron chi connectivity index (χ0n) is 10.8. The summed E-state index contributed by atoms with van der Waals surface area (Å²) in [5.74, 6) is 1.87. The minimum absolute atomic E-state index is 0.904. The highest BCUT2D eigenvalue weighted by atomic mass is 32.2. The van der Waals surface area contributed by atoms with Crippen molar-refractivity contribution in [3.05, 3.63) is 53.7 Å². The molecular formula is C15H18N2S. The lowest BCUT2D eigenvalue weighted by molar-refractivity contribution is 1.11. The van der Waals surface area contributed by atoms with Gasteiger partial charge in [0.1, 0.15) is 5.82 Å². The average Bonchev–Trinajstić information content (AvgIpc) is 2.39. The van der Waals surface area contributed by atoms with Gasteiger partial charge in [-0.05, 0) is 37.6 Å². The summed E-state index contributed by atoms with van der Waals surface area (Å²) in [6.07, 6.45) is 0. The Hall–Kier alpha value is -1.48. The molecule has 1 heterocycles. The molecule has 0 saturated carbocycles. The molecule has 1 aromatic heterocycles. The Morgan fingerprint density at radius 1 is 1.11 bits per heavy atom. The Morgan fingerprint density at radius 3 is 2.72 bits per heavy atom. The Morgan fingerprint density at radius 2 is 1.94 bits per heavy atom. The molecule has 2 rings (SSSR count). The minimum atomic E-state index is 0.904. The molecule has 3 heteroatoms. The van der Waals surface area contributed by atoms with Crippen LogP contribution in [0.1, 0.15) is 18.2 Å². The van der Waals surface area contributed by atoms with Gasteiger partial charge >= 0.3 is 0 Å². The number of thioether (sulfide) groups is 1. The van der Waals surface area contributed by atoms with E-state index < -0.39 is 0 Å². The van der Waals surface area contributed by atoms with E-state index in [-0.39, 0.29) is 0 Å². The van der Waals surface area contributed by atoms with E-state index in [4.69, 9.17) is 0 Å². The van der Waals surface area contributed by atoms with Gasteiger partial charge in [-0.1, -0.05) is 24.3 Å². The van der Waals surface area contributed by atoms with Crippen LogP contribution in [0.2, 0.25) is 0 Å². The monoisotopic (exact) mass is 258 g/mol. The van der Waals surface area contributed by atoms with Gasteiger partial charge in [0.15, 0.2) is 0 Å². The van der Waals surface area contributed by atoms with Crippen molar-refractivity contribution < 1.29 is 0 Å². The van der Waals surface area contributed by atoms with Crippen LogP contribution in [0.4, 0.5) is 5.82 Å². The number of aryl methyl sites for hydroxylation is 1. The lowest BCUT2D eigenvalue weighted by Gasteiger charge is -2.07. The van der Waals surface area contributed by atoms with Crippen LogP contribution in [-0.2, 0) is 5.75 Å². The third-order valence-electron chi connectivity index (χ3n) is 2.63. The van der Waals surface area contributed by atoms with Gasteiger partial charge in [0.2, 0.25) is 0 Å². The van der Waals surface area contributed by atoms with Crippen LogP contribution >= 0.6 is 11.8 Å². The van der Waals surface area contributed by atoms with Gasteiger partial charge in [-0.3, -0.25) is 0 Å². The van der Waals surface area contributed by atoms with Crippen molar-refractivity contribution in [2.24, 2.45) is 0 Å². The van der Waals surface area contributed by atoms with E-state index in [1.807, 2.05) is 17.8 Å². The van der Waals surface area contributed by atoms with Crippen LogP contribution in [0.3, 0.4) is 0 Å². The van der Waals surface area contributed by atoms with Gasteiger partial charge in [-0.2, -0.15) is 0 Å². The molecule has 94 valence electrons. The topological polar surface area (TPSA) is 24.9 Å². The Kier molecular flexibility index (Phi) is 4.65. The van der Waals surface area contributed by atoms with Crippen LogP contribution in [-0.4, -0.2) is 11.5 Å². The second-order valence-electron chi connectivity index (χ2n) is 4.10. The summed E-state index contributed by atoms with van der Waals surface area (Å²) >= 11 is 1.84. The first-order chi connectivity index (χ1) is 8.79. The number of aromatic nitrogens is 1. The third kappa shape index (κ3) is 3.50.